The van der Waals surface area contributed by atoms with E-state index in [2.05, 4.69) is 0 Å². The van der Waals surface area contributed by atoms with Gasteiger partial charge >= 0.3 is 12.4 Å². The van der Waals surface area contributed by atoms with Crippen LogP contribution in [0.5, 0.6) is 0 Å². The smallest absolute Gasteiger partial charge is 0.170 e. The van der Waals surface area contributed by atoms with E-state index in [0.717, 1.165) is 0 Å². The van der Waals surface area contributed by atoms with Crippen molar-refractivity contribution in [2.24, 2.45) is 17.3 Å². The molecule has 1 saturated carbocycles. The molecule has 0 radical (unpaired) electrons. The van der Waals surface area contributed by atoms with E-state index < -0.39 is 29.6 Å². The molecule has 0 aromatic carbocycles. The Morgan fingerprint density at radius 1 is 0.824 bits per heavy atom. The molecule has 102 valence electrons. The number of halogens is 6. The van der Waals surface area contributed by atoms with Gasteiger partial charge in [-0.2, -0.15) is 26.3 Å². The van der Waals surface area contributed by atoms with Gasteiger partial charge in [-0.25, -0.2) is 0 Å². The predicted octanol–water partition coefficient (Wildman–Crippen LogP) is 4.94. The first-order valence-electron chi connectivity index (χ1n) is 5.65. The molecule has 2 atom stereocenters. The van der Waals surface area contributed by atoms with Crippen molar-refractivity contribution in [1.82, 2.24) is 0 Å². The van der Waals surface area contributed by atoms with Crippen molar-refractivity contribution in [3.05, 3.63) is 0 Å². The highest BCUT2D eigenvalue weighted by molar-refractivity contribution is 4.97. The van der Waals surface area contributed by atoms with Crippen LogP contribution in [0.25, 0.3) is 0 Å². The van der Waals surface area contributed by atoms with E-state index in [1.54, 1.807) is 0 Å². The van der Waals surface area contributed by atoms with E-state index in [-0.39, 0.29) is 6.42 Å². The van der Waals surface area contributed by atoms with Gasteiger partial charge in [-0.3, -0.25) is 0 Å². The van der Waals surface area contributed by atoms with E-state index in [4.69, 9.17) is 0 Å². The minimum Gasteiger partial charge on any atom is -0.170 e. The summed E-state index contributed by atoms with van der Waals surface area (Å²) >= 11 is 0. The van der Waals surface area contributed by atoms with Crippen molar-refractivity contribution in [3.63, 3.8) is 0 Å². The summed E-state index contributed by atoms with van der Waals surface area (Å²) in [6, 6.07) is 0. The van der Waals surface area contributed by atoms with E-state index in [1.165, 1.54) is 6.92 Å². The quantitative estimate of drug-likeness (QED) is 0.587. The third kappa shape index (κ3) is 2.40. The molecule has 0 aromatic heterocycles. The summed E-state index contributed by atoms with van der Waals surface area (Å²) < 4.78 is 77.0. The average Bonchev–Trinajstić information content (AvgIpc) is 2.13. The van der Waals surface area contributed by atoms with Crippen LogP contribution < -0.4 is 0 Å². The van der Waals surface area contributed by atoms with Crippen LogP contribution in [-0.2, 0) is 0 Å². The first kappa shape index (κ1) is 14.6. The van der Waals surface area contributed by atoms with Gasteiger partial charge in [0, 0.05) is 0 Å². The lowest BCUT2D eigenvalue weighted by Crippen LogP contribution is -2.55. The lowest BCUT2D eigenvalue weighted by Gasteiger charge is -2.45. The fourth-order valence-electron chi connectivity index (χ4n) is 2.76. The standard InChI is InChI=1S/C11H16F6/c1-7-5-3-4-6-8(7)9(2,10(12,13)14)11(15,16)17/h7-8H,3-6H2,1-2H3. The summed E-state index contributed by atoms with van der Waals surface area (Å²) in [5, 5.41) is 0. The fraction of sp³-hybridized carbons (Fsp3) is 1.00. The van der Waals surface area contributed by atoms with Crippen LogP contribution in [0.4, 0.5) is 26.3 Å². The SMILES string of the molecule is CC1CCCCC1C(C)(C(F)(F)F)C(F)(F)F. The van der Waals surface area contributed by atoms with Crippen LogP contribution in [0, 0.1) is 17.3 Å². The molecule has 0 N–H and O–H groups in total. The van der Waals surface area contributed by atoms with Crippen molar-refractivity contribution in [3.8, 4) is 0 Å². The van der Waals surface area contributed by atoms with Gasteiger partial charge < -0.3 is 0 Å². The Hall–Kier alpha value is -0.420. The van der Waals surface area contributed by atoms with Gasteiger partial charge in [0.15, 0.2) is 5.41 Å². The molecule has 0 spiro atoms. The van der Waals surface area contributed by atoms with Gasteiger partial charge in [-0.15, -0.1) is 0 Å². The molecule has 0 saturated heterocycles. The normalized spacial score (nSPS) is 28.2. The van der Waals surface area contributed by atoms with Gasteiger partial charge in [0.1, 0.15) is 0 Å². The average molecular weight is 262 g/mol. The Bertz CT molecular complexity index is 250. The van der Waals surface area contributed by atoms with Crippen LogP contribution in [0.2, 0.25) is 0 Å². The first-order valence-corrected chi connectivity index (χ1v) is 5.65. The van der Waals surface area contributed by atoms with E-state index in [1.807, 2.05) is 0 Å². The number of hydrogen-bond donors (Lipinski definition) is 0. The first-order chi connectivity index (χ1) is 7.52. The van der Waals surface area contributed by atoms with Crippen LogP contribution in [-0.4, -0.2) is 12.4 Å². The zero-order chi connectivity index (χ0) is 13.5. The summed E-state index contributed by atoms with van der Waals surface area (Å²) in [4.78, 5) is 0. The number of rotatable bonds is 1. The molecule has 1 aliphatic carbocycles. The molecule has 2 unspecified atom stereocenters. The zero-order valence-corrected chi connectivity index (χ0v) is 9.75. The van der Waals surface area contributed by atoms with Gasteiger partial charge in [0.05, 0.1) is 0 Å². The second kappa shape index (κ2) is 4.35. The summed E-state index contributed by atoms with van der Waals surface area (Å²) in [6.07, 6.45) is -8.91. The third-order valence-corrected chi connectivity index (χ3v) is 4.03. The maximum atomic E-state index is 12.8. The van der Waals surface area contributed by atoms with Crippen molar-refractivity contribution in [2.45, 2.75) is 51.9 Å². The molecule has 1 rings (SSSR count). The zero-order valence-electron chi connectivity index (χ0n) is 9.75. The minimum atomic E-state index is -5.25. The second-order valence-electron chi connectivity index (χ2n) is 5.07. The second-order valence-corrected chi connectivity index (χ2v) is 5.07. The van der Waals surface area contributed by atoms with Crippen LogP contribution in [0.3, 0.4) is 0 Å². The van der Waals surface area contributed by atoms with Crippen molar-refractivity contribution >= 4 is 0 Å². The highest BCUT2D eigenvalue weighted by Gasteiger charge is 2.71. The lowest BCUT2D eigenvalue weighted by molar-refractivity contribution is -0.358. The van der Waals surface area contributed by atoms with E-state index >= 15 is 0 Å². The Kier molecular flexibility index (Phi) is 3.75. The molecule has 0 amide bonds. The fourth-order valence-corrected chi connectivity index (χ4v) is 2.76. The Morgan fingerprint density at radius 2 is 1.24 bits per heavy atom. The van der Waals surface area contributed by atoms with Crippen molar-refractivity contribution < 1.29 is 26.3 Å². The highest BCUT2D eigenvalue weighted by atomic mass is 19.4. The van der Waals surface area contributed by atoms with Crippen molar-refractivity contribution in [2.75, 3.05) is 0 Å². The summed E-state index contributed by atoms with van der Waals surface area (Å²) in [7, 11) is 0. The maximum Gasteiger partial charge on any atom is 0.403 e. The number of alkyl halides is 6. The molecule has 6 heteroatoms. The van der Waals surface area contributed by atoms with Gasteiger partial charge in [0.2, 0.25) is 0 Å². The van der Waals surface area contributed by atoms with Gasteiger partial charge in [-0.05, 0) is 25.2 Å². The summed E-state index contributed by atoms with van der Waals surface area (Å²) in [5.41, 5.74) is -3.58. The van der Waals surface area contributed by atoms with Crippen LogP contribution in [0.15, 0.2) is 0 Å². The molecule has 1 aliphatic rings. The summed E-state index contributed by atoms with van der Waals surface area (Å²) in [5.74, 6) is -1.91. The molecule has 0 nitrogen and oxygen atoms in total. The van der Waals surface area contributed by atoms with Crippen LogP contribution >= 0.6 is 0 Å². The van der Waals surface area contributed by atoms with E-state index in [0.29, 0.717) is 26.2 Å². The van der Waals surface area contributed by atoms with E-state index in [9.17, 15) is 26.3 Å². The lowest BCUT2D eigenvalue weighted by atomic mass is 9.64. The Morgan fingerprint density at radius 3 is 1.59 bits per heavy atom. The molecule has 0 heterocycles. The maximum absolute atomic E-state index is 12.8. The highest BCUT2D eigenvalue weighted by Crippen LogP contribution is 2.59. The van der Waals surface area contributed by atoms with Gasteiger partial charge in [-0.1, -0.05) is 26.2 Å². The monoisotopic (exact) mass is 262 g/mol. The van der Waals surface area contributed by atoms with Crippen LogP contribution in [0.1, 0.15) is 39.5 Å². The van der Waals surface area contributed by atoms with Gasteiger partial charge in [0.25, 0.3) is 0 Å². The Labute approximate surface area is 96.4 Å². The molecular weight excluding hydrogens is 246 g/mol. The van der Waals surface area contributed by atoms with Crippen molar-refractivity contribution in [1.29, 1.82) is 0 Å². The molecule has 17 heavy (non-hydrogen) atoms. The Balaban J connectivity index is 3.15. The molecule has 1 fully saturated rings. The predicted molar refractivity (Wildman–Crippen MR) is 51.3 cm³/mol. The molecule has 0 bridgehead atoms. The topological polar surface area (TPSA) is 0 Å². The number of hydrogen-bond acceptors (Lipinski definition) is 0. The molecule has 0 aromatic rings. The molecular formula is C11H16F6. The molecule has 0 aliphatic heterocycles. The summed E-state index contributed by atoms with van der Waals surface area (Å²) in [6.45, 7) is 1.79. The third-order valence-electron chi connectivity index (χ3n) is 4.03. The largest absolute Gasteiger partial charge is 0.403 e. The minimum absolute atomic E-state index is 0.00329.